The number of rotatable bonds is 4. The van der Waals surface area contributed by atoms with Gasteiger partial charge in [0.15, 0.2) is 5.78 Å². The molecule has 0 radical (unpaired) electrons. The molecule has 2 rings (SSSR count). The molecule has 1 aromatic carbocycles. The van der Waals surface area contributed by atoms with Gasteiger partial charge in [0.25, 0.3) is 0 Å². The predicted octanol–water partition coefficient (Wildman–Crippen LogP) is 3.80. The monoisotopic (exact) mass is 308 g/mol. The van der Waals surface area contributed by atoms with Crippen molar-refractivity contribution in [3.63, 3.8) is 0 Å². The van der Waals surface area contributed by atoms with Crippen molar-refractivity contribution in [1.82, 2.24) is 5.06 Å². The highest BCUT2D eigenvalue weighted by Crippen LogP contribution is 2.32. The summed E-state index contributed by atoms with van der Waals surface area (Å²) in [6, 6.07) is 7.09. The van der Waals surface area contributed by atoms with Gasteiger partial charge >= 0.3 is 0 Å². The average Bonchev–Trinajstić information content (AvgIpc) is 2.53. The molecule has 1 fully saturated rings. The third kappa shape index (κ3) is 3.83. The van der Waals surface area contributed by atoms with Crippen LogP contribution in [0.4, 0.5) is 0 Å². The van der Waals surface area contributed by atoms with Crippen LogP contribution in [0, 0.1) is 17.2 Å². The Kier molecular flexibility index (Phi) is 5.37. The van der Waals surface area contributed by atoms with E-state index in [2.05, 4.69) is 0 Å². The molecule has 1 aliphatic carbocycles. The zero-order chi connectivity index (χ0) is 15.4. The third-order valence-electron chi connectivity index (χ3n) is 4.23. The number of hydrogen-bond donors (Lipinski definition) is 1. The molecule has 1 aromatic rings. The van der Waals surface area contributed by atoms with Gasteiger partial charge in [0.2, 0.25) is 0 Å². The van der Waals surface area contributed by atoms with Crippen LogP contribution in [0.25, 0.3) is 0 Å². The molecule has 0 bridgehead atoms. The largest absolute Gasteiger partial charge is 0.294 e. The van der Waals surface area contributed by atoms with E-state index in [9.17, 15) is 4.79 Å². The molecule has 0 aromatic heterocycles. The molecule has 1 saturated carbocycles. The molecule has 0 heterocycles. The summed E-state index contributed by atoms with van der Waals surface area (Å²) in [6.07, 6.45) is 3.37. The maximum Gasteiger partial charge on any atom is 0.165 e. The SMILES string of the molecule is CON(C)C(=N)C1CCC(C(=O)c2ccc(Cl)cc2)CC1. The van der Waals surface area contributed by atoms with Crippen LogP contribution in [0.2, 0.25) is 5.02 Å². The van der Waals surface area contributed by atoms with Crippen LogP contribution in [0.15, 0.2) is 24.3 Å². The number of hydrogen-bond acceptors (Lipinski definition) is 3. The quantitative estimate of drug-likeness (QED) is 0.398. The Balaban J connectivity index is 1.93. The lowest BCUT2D eigenvalue weighted by atomic mass is 9.78. The fourth-order valence-electron chi connectivity index (χ4n) is 2.83. The van der Waals surface area contributed by atoms with Gasteiger partial charge in [-0.05, 0) is 49.9 Å². The summed E-state index contributed by atoms with van der Waals surface area (Å²) in [6.45, 7) is 0. The Morgan fingerprint density at radius 3 is 2.24 bits per heavy atom. The first-order valence-corrected chi connectivity index (χ1v) is 7.56. The number of Topliss-reactive ketones (excluding diaryl/α,β-unsaturated/α-hetero) is 1. The molecule has 4 nitrogen and oxygen atoms in total. The lowest BCUT2D eigenvalue weighted by Gasteiger charge is -2.30. The van der Waals surface area contributed by atoms with Crippen molar-refractivity contribution in [3.05, 3.63) is 34.9 Å². The molecule has 21 heavy (non-hydrogen) atoms. The molecule has 0 unspecified atom stereocenters. The van der Waals surface area contributed by atoms with Crippen LogP contribution >= 0.6 is 11.6 Å². The zero-order valence-electron chi connectivity index (χ0n) is 12.4. The summed E-state index contributed by atoms with van der Waals surface area (Å²) in [7, 11) is 3.30. The van der Waals surface area contributed by atoms with Crippen LogP contribution in [-0.4, -0.2) is 30.8 Å². The normalized spacial score (nSPS) is 21.9. The maximum atomic E-state index is 12.4. The summed E-state index contributed by atoms with van der Waals surface area (Å²) < 4.78 is 0. The summed E-state index contributed by atoms with van der Waals surface area (Å²) in [5.41, 5.74) is 0.729. The fourth-order valence-corrected chi connectivity index (χ4v) is 2.96. The molecule has 1 N–H and O–H groups in total. The van der Waals surface area contributed by atoms with Crippen molar-refractivity contribution in [2.24, 2.45) is 11.8 Å². The Hall–Kier alpha value is -1.39. The van der Waals surface area contributed by atoms with Crippen molar-refractivity contribution < 1.29 is 9.63 Å². The molecular weight excluding hydrogens is 288 g/mol. The van der Waals surface area contributed by atoms with E-state index >= 15 is 0 Å². The molecular formula is C16H21ClN2O2. The zero-order valence-corrected chi connectivity index (χ0v) is 13.2. The van der Waals surface area contributed by atoms with Crippen molar-refractivity contribution in [1.29, 1.82) is 5.41 Å². The number of hydroxylamine groups is 2. The van der Waals surface area contributed by atoms with Gasteiger partial charge in [-0.2, -0.15) is 0 Å². The van der Waals surface area contributed by atoms with E-state index in [-0.39, 0.29) is 17.6 Å². The van der Waals surface area contributed by atoms with Crippen molar-refractivity contribution >= 4 is 23.2 Å². The van der Waals surface area contributed by atoms with E-state index in [0.29, 0.717) is 10.9 Å². The summed E-state index contributed by atoms with van der Waals surface area (Å²) in [5.74, 6) is 0.930. The molecule has 0 saturated heterocycles. The van der Waals surface area contributed by atoms with Gasteiger partial charge in [-0.1, -0.05) is 11.6 Å². The van der Waals surface area contributed by atoms with E-state index < -0.39 is 0 Å². The minimum absolute atomic E-state index is 0.0584. The fraction of sp³-hybridized carbons (Fsp3) is 0.500. The second kappa shape index (κ2) is 7.05. The van der Waals surface area contributed by atoms with Gasteiger partial charge < -0.3 is 0 Å². The van der Waals surface area contributed by atoms with Gasteiger partial charge in [0, 0.05) is 29.5 Å². The van der Waals surface area contributed by atoms with Gasteiger partial charge in [-0.15, -0.1) is 0 Å². The van der Waals surface area contributed by atoms with E-state index in [1.54, 1.807) is 38.4 Å². The first-order valence-electron chi connectivity index (χ1n) is 7.19. The highest BCUT2D eigenvalue weighted by molar-refractivity contribution is 6.30. The number of benzene rings is 1. The van der Waals surface area contributed by atoms with Crippen LogP contribution in [0.3, 0.4) is 0 Å². The van der Waals surface area contributed by atoms with Gasteiger partial charge in [-0.25, -0.2) is 5.06 Å². The lowest BCUT2D eigenvalue weighted by Crippen LogP contribution is -2.34. The smallest absolute Gasteiger partial charge is 0.165 e. The first kappa shape index (κ1) is 16.0. The second-order valence-electron chi connectivity index (χ2n) is 5.48. The Morgan fingerprint density at radius 2 is 1.71 bits per heavy atom. The summed E-state index contributed by atoms with van der Waals surface area (Å²) >= 11 is 5.85. The average molecular weight is 309 g/mol. The molecule has 0 atom stereocenters. The molecule has 0 aliphatic heterocycles. The Morgan fingerprint density at radius 1 is 1.19 bits per heavy atom. The summed E-state index contributed by atoms with van der Waals surface area (Å²) in [5, 5.41) is 10.2. The van der Waals surface area contributed by atoms with E-state index in [1.165, 1.54) is 5.06 Å². The molecule has 1 aliphatic rings. The predicted molar refractivity (Wildman–Crippen MR) is 83.7 cm³/mol. The minimum Gasteiger partial charge on any atom is -0.294 e. The van der Waals surface area contributed by atoms with Crippen LogP contribution in [0.1, 0.15) is 36.0 Å². The van der Waals surface area contributed by atoms with E-state index in [4.69, 9.17) is 21.8 Å². The van der Waals surface area contributed by atoms with Gasteiger partial charge in [0.1, 0.15) is 5.84 Å². The number of nitrogens with one attached hydrogen (secondary N) is 1. The molecule has 0 amide bonds. The molecule has 114 valence electrons. The van der Waals surface area contributed by atoms with E-state index in [0.717, 1.165) is 31.2 Å². The van der Waals surface area contributed by atoms with Crippen molar-refractivity contribution in [2.75, 3.05) is 14.2 Å². The number of ketones is 1. The standard InChI is InChI=1S/C16H21ClN2O2/c1-19(21-2)16(18)13-5-3-11(4-6-13)15(20)12-7-9-14(17)10-8-12/h7-11,13,18H,3-6H2,1-2H3. The van der Waals surface area contributed by atoms with E-state index in [1.807, 2.05) is 0 Å². The number of halogens is 1. The number of nitrogens with zero attached hydrogens (tertiary/aromatic N) is 1. The summed E-state index contributed by atoms with van der Waals surface area (Å²) in [4.78, 5) is 17.5. The number of carbonyl (C=O) groups is 1. The number of carbonyl (C=O) groups excluding carboxylic acids is 1. The van der Waals surface area contributed by atoms with Crippen molar-refractivity contribution in [2.45, 2.75) is 25.7 Å². The van der Waals surface area contributed by atoms with Crippen molar-refractivity contribution in [3.8, 4) is 0 Å². The Labute approximate surface area is 130 Å². The lowest BCUT2D eigenvalue weighted by molar-refractivity contribution is -0.0484. The molecule has 5 heteroatoms. The molecule has 0 spiro atoms. The highest BCUT2D eigenvalue weighted by atomic mass is 35.5. The number of amidine groups is 1. The van der Waals surface area contributed by atoms with Crippen LogP contribution < -0.4 is 0 Å². The second-order valence-corrected chi connectivity index (χ2v) is 5.92. The van der Waals surface area contributed by atoms with Gasteiger partial charge in [-0.3, -0.25) is 15.0 Å². The Bertz CT molecular complexity index is 508. The van der Waals surface area contributed by atoms with Crippen LogP contribution in [-0.2, 0) is 4.84 Å². The highest BCUT2D eigenvalue weighted by Gasteiger charge is 2.30. The minimum atomic E-state index is 0.0584. The topological polar surface area (TPSA) is 53.4 Å². The van der Waals surface area contributed by atoms with Crippen LogP contribution in [0.5, 0.6) is 0 Å². The first-order chi connectivity index (χ1) is 10.0. The maximum absolute atomic E-state index is 12.4. The third-order valence-corrected chi connectivity index (χ3v) is 4.48. The van der Waals surface area contributed by atoms with Gasteiger partial charge in [0.05, 0.1) is 7.11 Å².